The number of benzene rings is 2. The Labute approximate surface area is 247 Å². The average Bonchev–Trinajstić information content (AvgIpc) is 3.28. The minimum absolute atomic E-state index is 0.0945. The summed E-state index contributed by atoms with van der Waals surface area (Å²) in [5.41, 5.74) is -0.952. The molecule has 2 aliphatic rings. The van der Waals surface area contributed by atoms with Gasteiger partial charge in [-0.15, -0.1) is 0 Å². The Kier molecular flexibility index (Phi) is 7.52. The van der Waals surface area contributed by atoms with Gasteiger partial charge in [-0.1, -0.05) is 12.0 Å². The normalized spacial score (nSPS) is 22.6. The molecule has 0 amide bonds. The fraction of sp³-hybridized carbons (Fsp3) is 0.406. The lowest BCUT2D eigenvalue weighted by Crippen LogP contribution is -2.46. The van der Waals surface area contributed by atoms with E-state index in [0.29, 0.717) is 48.9 Å². The smallest absolute Gasteiger partial charge is 0.319 e. The number of aromatic nitrogens is 3. The summed E-state index contributed by atoms with van der Waals surface area (Å²) in [7, 11) is 1.81. The van der Waals surface area contributed by atoms with Gasteiger partial charge in [0.1, 0.15) is 47.1 Å². The van der Waals surface area contributed by atoms with E-state index in [0.717, 1.165) is 0 Å². The molecule has 43 heavy (non-hydrogen) atoms. The molecule has 4 aromatic rings. The summed E-state index contributed by atoms with van der Waals surface area (Å²) in [5, 5.41) is 22.4. The number of aromatic hydroxyl groups is 1. The Hall–Kier alpha value is -4.14. The summed E-state index contributed by atoms with van der Waals surface area (Å²) in [4.78, 5) is 17.4. The summed E-state index contributed by atoms with van der Waals surface area (Å²) >= 11 is 0. The van der Waals surface area contributed by atoms with Gasteiger partial charge >= 0.3 is 6.01 Å². The Balaban J connectivity index is 1.58. The molecule has 2 aromatic carbocycles. The van der Waals surface area contributed by atoms with Crippen molar-refractivity contribution >= 4 is 27.5 Å². The van der Waals surface area contributed by atoms with Gasteiger partial charge in [0.25, 0.3) is 0 Å². The molecule has 0 radical (unpaired) electrons. The van der Waals surface area contributed by atoms with Gasteiger partial charge in [0, 0.05) is 31.2 Å². The van der Waals surface area contributed by atoms with Gasteiger partial charge in [-0.05, 0) is 81.1 Å². The molecule has 0 bridgehead atoms. The van der Waals surface area contributed by atoms with Gasteiger partial charge in [0.05, 0.1) is 11.0 Å². The number of hydrogen-bond acceptors (Lipinski definition) is 8. The number of alkyl halides is 1. The van der Waals surface area contributed by atoms with Gasteiger partial charge in [-0.2, -0.15) is 9.97 Å². The zero-order valence-electron chi connectivity index (χ0n) is 24.2. The highest BCUT2D eigenvalue weighted by Crippen LogP contribution is 2.39. The van der Waals surface area contributed by atoms with Crippen LogP contribution >= 0.6 is 0 Å². The second-order valence-electron chi connectivity index (χ2n) is 11.7. The van der Waals surface area contributed by atoms with Crippen molar-refractivity contribution in [1.29, 1.82) is 0 Å². The van der Waals surface area contributed by atoms with Crippen LogP contribution in [0, 0.1) is 23.5 Å². The number of likely N-dealkylation sites (tertiary alicyclic amines) is 1. The standard InChI is InChI=1S/C32H32F3N5O3/c1-4-6-25-26-29(27(35)28(36-25)24-14-22(41)11-18-7-8-19(33)13-23(18)24)37-31(43-16-21-12-20(34)15-39(21)3)38-30(26)40-10-5-9-32(2,42)17-40/h7-8,11,13-14,20-21,41-42H,5,9-10,12,15-17H2,1-3H3/t20-,21+,32-/m1/s1. The monoisotopic (exact) mass is 591 g/mol. The number of piperidine rings is 1. The van der Waals surface area contributed by atoms with Gasteiger partial charge in [0.15, 0.2) is 5.82 Å². The molecular formula is C32H32F3N5O3. The third kappa shape index (κ3) is 5.65. The number of nitrogens with zero attached hydrogens (tertiary/aromatic N) is 5. The number of β-amino-alcohol motifs (C(OH)–C–C–N with tert-alkyl or cyclic N) is 1. The fourth-order valence-corrected chi connectivity index (χ4v) is 6.10. The van der Waals surface area contributed by atoms with Gasteiger partial charge < -0.3 is 19.8 Å². The van der Waals surface area contributed by atoms with Crippen molar-refractivity contribution in [3.8, 4) is 34.9 Å². The van der Waals surface area contributed by atoms with Crippen LogP contribution in [0.3, 0.4) is 0 Å². The summed E-state index contributed by atoms with van der Waals surface area (Å²) in [6.07, 6.45) is 0.591. The number of anilines is 1. The Morgan fingerprint density at radius 3 is 2.70 bits per heavy atom. The maximum atomic E-state index is 16.7. The molecule has 224 valence electrons. The molecule has 2 saturated heterocycles. The van der Waals surface area contributed by atoms with Crippen LogP contribution in [-0.4, -0.2) is 81.2 Å². The molecule has 0 unspecified atom stereocenters. The summed E-state index contributed by atoms with van der Waals surface area (Å²) in [6.45, 7) is 4.51. The number of halogens is 3. The van der Waals surface area contributed by atoms with Crippen molar-refractivity contribution in [3.63, 3.8) is 0 Å². The molecule has 0 saturated carbocycles. The van der Waals surface area contributed by atoms with Crippen molar-refractivity contribution in [2.45, 2.75) is 50.9 Å². The second-order valence-corrected chi connectivity index (χ2v) is 11.7. The highest BCUT2D eigenvalue weighted by Gasteiger charge is 2.33. The van der Waals surface area contributed by atoms with Crippen molar-refractivity contribution in [3.05, 3.63) is 47.7 Å². The lowest BCUT2D eigenvalue weighted by Gasteiger charge is -2.38. The SMILES string of the molecule is CC#Cc1nc(-c2cc(O)cc3ccc(F)cc23)c(F)c2nc(OC[C@@H]3C[C@@H](F)CN3C)nc(N3CCC[C@@](C)(O)C3)c12. The van der Waals surface area contributed by atoms with Crippen molar-refractivity contribution in [2.24, 2.45) is 0 Å². The molecule has 0 aliphatic carbocycles. The zero-order valence-corrected chi connectivity index (χ0v) is 24.2. The van der Waals surface area contributed by atoms with Crippen LogP contribution in [-0.2, 0) is 0 Å². The lowest BCUT2D eigenvalue weighted by molar-refractivity contribution is 0.0447. The molecule has 2 fully saturated rings. The van der Waals surface area contributed by atoms with Crippen LogP contribution < -0.4 is 9.64 Å². The summed E-state index contributed by atoms with van der Waals surface area (Å²) in [5.74, 6) is 4.58. The fourth-order valence-electron chi connectivity index (χ4n) is 6.10. The quantitative estimate of drug-likeness (QED) is 0.314. The first-order valence-electron chi connectivity index (χ1n) is 14.2. The van der Waals surface area contributed by atoms with Crippen LogP contribution in [0.2, 0.25) is 0 Å². The van der Waals surface area contributed by atoms with E-state index in [1.165, 1.54) is 30.3 Å². The molecule has 2 aromatic heterocycles. The number of rotatable bonds is 5. The van der Waals surface area contributed by atoms with Crippen molar-refractivity contribution < 1.29 is 28.1 Å². The van der Waals surface area contributed by atoms with E-state index < -0.39 is 23.4 Å². The Morgan fingerprint density at radius 1 is 1.16 bits per heavy atom. The largest absolute Gasteiger partial charge is 0.508 e. The zero-order chi connectivity index (χ0) is 30.5. The Bertz CT molecular complexity index is 1790. The Morgan fingerprint density at radius 2 is 1.98 bits per heavy atom. The number of hydrogen-bond donors (Lipinski definition) is 2. The second kappa shape index (κ2) is 11.2. The molecular weight excluding hydrogens is 559 g/mol. The summed E-state index contributed by atoms with van der Waals surface area (Å²) in [6, 6.07) is 6.48. The number of ether oxygens (including phenoxy) is 1. The minimum atomic E-state index is -1.01. The number of pyridine rings is 1. The van der Waals surface area contributed by atoms with Crippen LogP contribution in [0.5, 0.6) is 11.8 Å². The third-order valence-electron chi connectivity index (χ3n) is 8.16. The number of fused-ring (bicyclic) bond motifs is 2. The van der Waals surface area contributed by atoms with Crippen molar-refractivity contribution in [2.75, 3.05) is 38.2 Å². The molecule has 11 heteroatoms. The number of likely N-dealkylation sites (N-methyl/N-ethyl adjacent to an activating group) is 1. The van der Waals surface area contributed by atoms with E-state index in [-0.39, 0.29) is 58.8 Å². The van der Waals surface area contributed by atoms with Crippen LogP contribution in [0.15, 0.2) is 30.3 Å². The van der Waals surface area contributed by atoms with Gasteiger partial charge in [-0.3, -0.25) is 4.90 Å². The predicted octanol–water partition coefficient (Wildman–Crippen LogP) is 4.97. The predicted molar refractivity (Wildman–Crippen MR) is 158 cm³/mol. The molecule has 3 atom stereocenters. The van der Waals surface area contributed by atoms with Crippen LogP contribution in [0.25, 0.3) is 32.9 Å². The number of aliphatic hydroxyl groups is 1. The van der Waals surface area contributed by atoms with Gasteiger partial charge in [-0.25, -0.2) is 18.2 Å². The van der Waals surface area contributed by atoms with Gasteiger partial charge in [0.2, 0.25) is 0 Å². The highest BCUT2D eigenvalue weighted by atomic mass is 19.1. The highest BCUT2D eigenvalue weighted by molar-refractivity contribution is 6.01. The maximum absolute atomic E-state index is 16.7. The van der Waals surface area contributed by atoms with Crippen LogP contribution in [0.4, 0.5) is 19.0 Å². The van der Waals surface area contributed by atoms with E-state index in [1.807, 2.05) is 16.8 Å². The molecule has 2 N–H and O–H groups in total. The van der Waals surface area contributed by atoms with E-state index in [1.54, 1.807) is 13.8 Å². The molecule has 0 spiro atoms. The maximum Gasteiger partial charge on any atom is 0.319 e. The molecule has 4 heterocycles. The number of phenolic OH excluding ortho intramolecular Hbond substituents is 1. The van der Waals surface area contributed by atoms with E-state index in [2.05, 4.69) is 26.8 Å². The van der Waals surface area contributed by atoms with E-state index >= 15 is 4.39 Å². The third-order valence-corrected chi connectivity index (χ3v) is 8.16. The molecule has 6 rings (SSSR count). The first kappa shape index (κ1) is 29.0. The van der Waals surface area contributed by atoms with E-state index in [9.17, 15) is 19.0 Å². The van der Waals surface area contributed by atoms with E-state index in [4.69, 9.17) is 4.74 Å². The number of phenols is 1. The lowest BCUT2D eigenvalue weighted by atomic mass is 9.94. The average molecular weight is 592 g/mol. The molecule has 2 aliphatic heterocycles. The summed E-state index contributed by atoms with van der Waals surface area (Å²) < 4.78 is 51.0. The first-order valence-corrected chi connectivity index (χ1v) is 14.2. The van der Waals surface area contributed by atoms with Crippen molar-refractivity contribution in [1.82, 2.24) is 19.9 Å². The minimum Gasteiger partial charge on any atom is -0.508 e. The topological polar surface area (TPSA) is 94.8 Å². The molecule has 8 nitrogen and oxygen atoms in total. The van der Waals surface area contributed by atoms with Crippen LogP contribution in [0.1, 0.15) is 38.8 Å². The first-order chi connectivity index (χ1) is 20.5.